The molecule has 2 aliphatic rings. The number of nitrogens with one attached hydrogen (secondary N) is 2. The number of carbonyl (C=O) groups excluding carboxylic acids is 1. The van der Waals surface area contributed by atoms with E-state index >= 15 is 0 Å². The maximum atomic E-state index is 12.4. The van der Waals surface area contributed by atoms with Crippen molar-refractivity contribution in [1.82, 2.24) is 15.6 Å². The zero-order valence-corrected chi connectivity index (χ0v) is 12.7. The topological polar surface area (TPSA) is 91.3 Å². The minimum Gasteiger partial charge on any atom is -0.476 e. The molecule has 0 spiro atoms. The maximum absolute atomic E-state index is 12.4. The normalized spacial score (nSPS) is 29.1. The molecule has 21 heavy (non-hydrogen) atoms. The van der Waals surface area contributed by atoms with Gasteiger partial charge in [0.2, 0.25) is 5.91 Å². The third-order valence-corrected chi connectivity index (χ3v) is 5.53. The molecule has 114 valence electrons. The number of carboxylic acids is 1. The first-order chi connectivity index (χ1) is 10.1. The SMILES string of the molecule is CC(NC(=O)C1NCC2CCCC21)c1nc(C(=O)O)cs1. The summed E-state index contributed by atoms with van der Waals surface area (Å²) in [7, 11) is 0. The van der Waals surface area contributed by atoms with E-state index in [1.807, 2.05) is 6.92 Å². The van der Waals surface area contributed by atoms with E-state index in [2.05, 4.69) is 15.6 Å². The van der Waals surface area contributed by atoms with Crippen LogP contribution in [0.5, 0.6) is 0 Å². The van der Waals surface area contributed by atoms with Gasteiger partial charge in [0.05, 0.1) is 12.1 Å². The van der Waals surface area contributed by atoms with Crippen LogP contribution in [-0.2, 0) is 4.79 Å². The first kappa shape index (κ1) is 14.5. The Morgan fingerprint density at radius 1 is 1.52 bits per heavy atom. The van der Waals surface area contributed by atoms with Crippen molar-refractivity contribution >= 4 is 23.2 Å². The van der Waals surface area contributed by atoms with Gasteiger partial charge in [-0.1, -0.05) is 6.42 Å². The number of aromatic carboxylic acids is 1. The van der Waals surface area contributed by atoms with E-state index in [4.69, 9.17) is 5.11 Å². The summed E-state index contributed by atoms with van der Waals surface area (Å²) >= 11 is 1.26. The molecular weight excluding hydrogens is 290 g/mol. The van der Waals surface area contributed by atoms with Crippen molar-refractivity contribution in [1.29, 1.82) is 0 Å². The number of aromatic nitrogens is 1. The number of rotatable bonds is 4. The molecule has 0 aromatic carbocycles. The van der Waals surface area contributed by atoms with E-state index in [1.165, 1.54) is 29.6 Å². The molecule has 6 nitrogen and oxygen atoms in total. The van der Waals surface area contributed by atoms with Gasteiger partial charge < -0.3 is 15.7 Å². The van der Waals surface area contributed by atoms with Crippen LogP contribution in [0.3, 0.4) is 0 Å². The third kappa shape index (κ3) is 2.80. The average Bonchev–Trinajstić information content (AvgIpc) is 3.14. The van der Waals surface area contributed by atoms with Crippen LogP contribution in [0.25, 0.3) is 0 Å². The zero-order chi connectivity index (χ0) is 15.0. The highest BCUT2D eigenvalue weighted by Gasteiger charge is 2.42. The number of hydrogen-bond acceptors (Lipinski definition) is 5. The molecule has 1 aliphatic carbocycles. The van der Waals surface area contributed by atoms with Gasteiger partial charge in [0, 0.05) is 5.38 Å². The number of hydrogen-bond donors (Lipinski definition) is 3. The van der Waals surface area contributed by atoms with Gasteiger partial charge in [0.15, 0.2) is 5.69 Å². The molecule has 4 unspecified atom stereocenters. The van der Waals surface area contributed by atoms with Gasteiger partial charge in [0.1, 0.15) is 5.01 Å². The Kier molecular flexibility index (Phi) is 3.95. The predicted octanol–water partition coefficient (Wildman–Crippen LogP) is 1.41. The molecule has 7 heteroatoms. The van der Waals surface area contributed by atoms with Crippen LogP contribution in [-0.4, -0.2) is 34.6 Å². The van der Waals surface area contributed by atoms with Gasteiger partial charge in [-0.3, -0.25) is 4.79 Å². The number of carbonyl (C=O) groups is 2. The summed E-state index contributed by atoms with van der Waals surface area (Å²) in [5.41, 5.74) is 0.0333. The number of nitrogens with zero attached hydrogens (tertiary/aromatic N) is 1. The molecule has 1 amide bonds. The summed E-state index contributed by atoms with van der Waals surface area (Å²) in [5, 5.41) is 17.3. The molecule has 0 radical (unpaired) electrons. The van der Waals surface area contributed by atoms with Gasteiger partial charge >= 0.3 is 5.97 Å². The Hall–Kier alpha value is -1.47. The monoisotopic (exact) mass is 309 g/mol. The quantitative estimate of drug-likeness (QED) is 0.782. The van der Waals surface area contributed by atoms with Crippen LogP contribution < -0.4 is 10.6 Å². The molecule has 3 N–H and O–H groups in total. The largest absolute Gasteiger partial charge is 0.476 e. The van der Waals surface area contributed by atoms with Crippen LogP contribution in [0.4, 0.5) is 0 Å². The summed E-state index contributed by atoms with van der Waals surface area (Å²) in [4.78, 5) is 27.3. The Morgan fingerprint density at radius 2 is 2.33 bits per heavy atom. The molecule has 4 atom stereocenters. The van der Waals surface area contributed by atoms with Gasteiger partial charge in [-0.2, -0.15) is 0 Å². The molecule has 1 aliphatic heterocycles. The van der Waals surface area contributed by atoms with E-state index in [-0.39, 0.29) is 23.7 Å². The van der Waals surface area contributed by atoms with Crippen LogP contribution in [0.2, 0.25) is 0 Å². The second-order valence-electron chi connectivity index (χ2n) is 5.85. The van der Waals surface area contributed by atoms with Crippen LogP contribution in [0.1, 0.15) is 47.7 Å². The molecule has 1 saturated heterocycles. The van der Waals surface area contributed by atoms with E-state index < -0.39 is 5.97 Å². The van der Waals surface area contributed by atoms with Crippen LogP contribution in [0, 0.1) is 11.8 Å². The summed E-state index contributed by atoms with van der Waals surface area (Å²) in [6.45, 7) is 2.76. The smallest absolute Gasteiger partial charge is 0.355 e. The van der Waals surface area contributed by atoms with Crippen LogP contribution in [0.15, 0.2) is 5.38 Å². The van der Waals surface area contributed by atoms with Gasteiger partial charge in [-0.15, -0.1) is 11.3 Å². The van der Waals surface area contributed by atoms with Gasteiger partial charge in [0.25, 0.3) is 0 Å². The molecule has 1 aromatic rings. The first-order valence-corrected chi connectivity index (χ1v) is 8.16. The molecule has 3 rings (SSSR count). The lowest BCUT2D eigenvalue weighted by Gasteiger charge is -2.20. The Labute approximate surface area is 127 Å². The van der Waals surface area contributed by atoms with Crippen molar-refractivity contribution < 1.29 is 14.7 Å². The maximum Gasteiger partial charge on any atom is 0.355 e. The highest BCUT2D eigenvalue weighted by Crippen LogP contribution is 2.37. The zero-order valence-electron chi connectivity index (χ0n) is 11.8. The fourth-order valence-corrected chi connectivity index (χ4v) is 4.22. The van der Waals surface area contributed by atoms with Gasteiger partial charge in [-0.25, -0.2) is 9.78 Å². The van der Waals surface area contributed by atoms with Crippen molar-refractivity contribution in [2.24, 2.45) is 11.8 Å². The Bertz CT molecular complexity index is 559. The molecule has 0 bridgehead atoms. The number of thiazole rings is 1. The summed E-state index contributed by atoms with van der Waals surface area (Å²) < 4.78 is 0. The summed E-state index contributed by atoms with van der Waals surface area (Å²) in [5.74, 6) is 0.0452. The Morgan fingerprint density at radius 3 is 3.05 bits per heavy atom. The molecule has 2 heterocycles. The van der Waals surface area contributed by atoms with Gasteiger partial charge in [-0.05, 0) is 38.1 Å². The van der Waals surface area contributed by atoms with E-state index in [1.54, 1.807) is 0 Å². The first-order valence-electron chi connectivity index (χ1n) is 7.28. The molecule has 2 fully saturated rings. The second-order valence-corrected chi connectivity index (χ2v) is 6.74. The Balaban J connectivity index is 1.62. The average molecular weight is 309 g/mol. The molecular formula is C14H19N3O3S. The lowest BCUT2D eigenvalue weighted by Crippen LogP contribution is -2.44. The second kappa shape index (κ2) is 5.73. The summed E-state index contributed by atoms with van der Waals surface area (Å²) in [6, 6.07) is -0.378. The van der Waals surface area contributed by atoms with Crippen molar-refractivity contribution in [3.05, 3.63) is 16.1 Å². The third-order valence-electron chi connectivity index (χ3n) is 4.50. The predicted molar refractivity (Wildman–Crippen MR) is 78.3 cm³/mol. The van der Waals surface area contributed by atoms with E-state index in [0.29, 0.717) is 16.8 Å². The van der Waals surface area contributed by atoms with Crippen molar-refractivity contribution in [2.75, 3.05) is 6.54 Å². The van der Waals surface area contributed by atoms with E-state index in [0.717, 1.165) is 13.0 Å². The highest BCUT2D eigenvalue weighted by molar-refractivity contribution is 7.09. The molecule has 1 saturated carbocycles. The minimum atomic E-state index is -1.04. The summed E-state index contributed by atoms with van der Waals surface area (Å²) in [6.07, 6.45) is 3.54. The number of fused-ring (bicyclic) bond motifs is 1. The fourth-order valence-electron chi connectivity index (χ4n) is 3.42. The lowest BCUT2D eigenvalue weighted by atomic mass is 9.93. The number of amides is 1. The molecule has 1 aromatic heterocycles. The lowest BCUT2D eigenvalue weighted by molar-refractivity contribution is -0.124. The number of carboxylic acid groups (broad SMARTS) is 1. The minimum absolute atomic E-state index is 0.00368. The fraction of sp³-hybridized carbons (Fsp3) is 0.643. The van der Waals surface area contributed by atoms with Crippen molar-refractivity contribution in [3.8, 4) is 0 Å². The van der Waals surface area contributed by atoms with Crippen molar-refractivity contribution in [3.63, 3.8) is 0 Å². The van der Waals surface area contributed by atoms with Crippen molar-refractivity contribution in [2.45, 2.75) is 38.3 Å². The van der Waals surface area contributed by atoms with E-state index in [9.17, 15) is 9.59 Å². The standard InChI is InChI=1S/C14H19N3O3S/c1-7(13-17-10(6-21-13)14(19)20)16-12(18)11-9-4-2-3-8(9)5-15-11/h6-9,11,15H,2-5H2,1H3,(H,16,18)(H,19,20). The highest BCUT2D eigenvalue weighted by atomic mass is 32.1. The van der Waals surface area contributed by atoms with Crippen LogP contribution >= 0.6 is 11.3 Å².